The Bertz CT molecular complexity index is 586. The largest absolute Gasteiger partial charge is 0.371 e. The normalized spacial score (nSPS) is 16.8. The lowest BCUT2D eigenvalue weighted by Crippen LogP contribution is -2.34. The quantitative estimate of drug-likeness (QED) is 0.931. The minimum Gasteiger partial charge on any atom is -0.371 e. The summed E-state index contributed by atoms with van der Waals surface area (Å²) in [5.74, 6) is 0.811. The van der Waals surface area contributed by atoms with Gasteiger partial charge in [-0.1, -0.05) is 18.2 Å². The first-order valence-electron chi connectivity index (χ1n) is 7.59. The van der Waals surface area contributed by atoms with Crippen LogP contribution in [0.4, 0.5) is 5.69 Å². The summed E-state index contributed by atoms with van der Waals surface area (Å²) in [6.07, 6.45) is 3.68. The second-order valence-electron chi connectivity index (χ2n) is 5.81. The lowest BCUT2D eigenvalue weighted by molar-refractivity contribution is 0.387. The van der Waals surface area contributed by atoms with Crippen LogP contribution in [-0.4, -0.2) is 24.6 Å². The van der Waals surface area contributed by atoms with Crippen molar-refractivity contribution in [1.29, 1.82) is 0 Å². The number of para-hydroxylation sites is 1. The van der Waals surface area contributed by atoms with Crippen molar-refractivity contribution in [1.82, 2.24) is 4.98 Å². The molecule has 1 aromatic carbocycles. The molecule has 2 heterocycles. The van der Waals surface area contributed by atoms with E-state index in [2.05, 4.69) is 47.1 Å². The molecule has 2 N–H and O–H groups in total. The van der Waals surface area contributed by atoms with Gasteiger partial charge < -0.3 is 10.6 Å². The molecule has 1 saturated heterocycles. The van der Waals surface area contributed by atoms with Crippen molar-refractivity contribution in [2.45, 2.75) is 26.2 Å². The molecule has 0 bridgehead atoms. The van der Waals surface area contributed by atoms with Crippen molar-refractivity contribution in [3.05, 3.63) is 36.0 Å². The summed E-state index contributed by atoms with van der Waals surface area (Å²) in [4.78, 5) is 7.15. The molecule has 1 aromatic heterocycles. The number of aryl methyl sites for hydroxylation is 1. The highest BCUT2D eigenvalue weighted by Gasteiger charge is 2.20. The fourth-order valence-corrected chi connectivity index (χ4v) is 3.25. The molecule has 3 rings (SSSR count). The van der Waals surface area contributed by atoms with E-state index in [-0.39, 0.29) is 0 Å². The average molecular weight is 269 g/mol. The number of nitrogens with two attached hydrogens (primary N) is 1. The van der Waals surface area contributed by atoms with Crippen molar-refractivity contribution in [2.75, 3.05) is 24.5 Å². The second-order valence-corrected chi connectivity index (χ2v) is 5.81. The molecule has 0 saturated carbocycles. The number of hydrogen-bond acceptors (Lipinski definition) is 3. The maximum atomic E-state index is 5.68. The van der Waals surface area contributed by atoms with E-state index in [1.807, 2.05) is 0 Å². The Kier molecular flexibility index (Phi) is 3.88. The zero-order valence-electron chi connectivity index (χ0n) is 12.2. The monoisotopic (exact) mass is 269 g/mol. The Labute approximate surface area is 120 Å². The van der Waals surface area contributed by atoms with E-state index in [1.54, 1.807) is 0 Å². The van der Waals surface area contributed by atoms with Gasteiger partial charge in [-0.25, -0.2) is 0 Å². The number of anilines is 1. The topological polar surface area (TPSA) is 42.1 Å². The number of rotatable bonds is 3. The first-order valence-corrected chi connectivity index (χ1v) is 7.59. The molecule has 0 atom stereocenters. The standard InChI is InChI=1S/C17H23N3/c1-13-12-17(15-4-2-3-5-16(15)19-13)20-10-7-14(6-9-18)8-11-20/h2-5,12,14H,6-11,18H2,1H3. The Morgan fingerprint density at radius 1 is 1.25 bits per heavy atom. The number of fused-ring (bicyclic) bond motifs is 1. The number of benzene rings is 1. The van der Waals surface area contributed by atoms with Gasteiger partial charge >= 0.3 is 0 Å². The van der Waals surface area contributed by atoms with Gasteiger partial charge in [-0.15, -0.1) is 0 Å². The summed E-state index contributed by atoms with van der Waals surface area (Å²) in [6.45, 7) is 5.18. The zero-order valence-corrected chi connectivity index (χ0v) is 12.2. The van der Waals surface area contributed by atoms with Crippen LogP contribution in [0, 0.1) is 12.8 Å². The Hall–Kier alpha value is -1.61. The van der Waals surface area contributed by atoms with Crippen molar-refractivity contribution in [3.63, 3.8) is 0 Å². The van der Waals surface area contributed by atoms with Gasteiger partial charge in [-0.05, 0) is 50.8 Å². The summed E-state index contributed by atoms with van der Waals surface area (Å²) in [5.41, 5.74) is 9.23. The van der Waals surface area contributed by atoms with Gasteiger partial charge in [0, 0.05) is 29.9 Å². The third kappa shape index (κ3) is 2.63. The van der Waals surface area contributed by atoms with Crippen LogP contribution < -0.4 is 10.6 Å². The molecule has 3 nitrogen and oxygen atoms in total. The first-order chi connectivity index (χ1) is 9.78. The number of hydrogen-bond donors (Lipinski definition) is 1. The predicted octanol–water partition coefficient (Wildman–Crippen LogP) is 3.11. The molecule has 0 radical (unpaired) electrons. The maximum Gasteiger partial charge on any atom is 0.0726 e. The van der Waals surface area contributed by atoms with E-state index in [1.165, 1.54) is 30.3 Å². The lowest BCUT2D eigenvalue weighted by atomic mass is 9.93. The lowest BCUT2D eigenvalue weighted by Gasteiger charge is -2.34. The second kappa shape index (κ2) is 5.80. The van der Waals surface area contributed by atoms with Crippen LogP contribution in [0.3, 0.4) is 0 Å². The molecule has 1 aliphatic rings. The van der Waals surface area contributed by atoms with E-state index in [4.69, 9.17) is 5.73 Å². The van der Waals surface area contributed by atoms with E-state index in [9.17, 15) is 0 Å². The average Bonchev–Trinajstić information content (AvgIpc) is 2.47. The maximum absolute atomic E-state index is 5.68. The van der Waals surface area contributed by atoms with E-state index in [0.717, 1.165) is 36.8 Å². The van der Waals surface area contributed by atoms with Gasteiger partial charge in [0.25, 0.3) is 0 Å². The SMILES string of the molecule is Cc1cc(N2CCC(CCN)CC2)c2ccccc2n1. The van der Waals surface area contributed by atoms with Gasteiger partial charge in [-0.2, -0.15) is 0 Å². The van der Waals surface area contributed by atoms with Crippen LogP contribution in [0.15, 0.2) is 30.3 Å². The number of pyridine rings is 1. The molecular formula is C17H23N3. The van der Waals surface area contributed by atoms with Crippen LogP contribution in [0.2, 0.25) is 0 Å². The first kappa shape index (κ1) is 13.4. The molecule has 3 heteroatoms. The van der Waals surface area contributed by atoms with Gasteiger partial charge in [0.1, 0.15) is 0 Å². The predicted molar refractivity (Wildman–Crippen MR) is 85.1 cm³/mol. The van der Waals surface area contributed by atoms with Gasteiger partial charge in [0.2, 0.25) is 0 Å². The molecule has 2 aromatic rings. The molecule has 0 spiro atoms. The van der Waals surface area contributed by atoms with Crippen LogP contribution in [-0.2, 0) is 0 Å². The van der Waals surface area contributed by atoms with Gasteiger partial charge in [-0.3, -0.25) is 4.98 Å². The molecule has 106 valence electrons. The molecular weight excluding hydrogens is 246 g/mol. The van der Waals surface area contributed by atoms with Crippen LogP contribution in [0.25, 0.3) is 10.9 Å². The van der Waals surface area contributed by atoms with Crippen molar-refractivity contribution < 1.29 is 0 Å². The fourth-order valence-electron chi connectivity index (χ4n) is 3.25. The summed E-state index contributed by atoms with van der Waals surface area (Å²) in [7, 11) is 0. The van der Waals surface area contributed by atoms with Crippen LogP contribution in [0.1, 0.15) is 25.0 Å². The van der Waals surface area contributed by atoms with E-state index >= 15 is 0 Å². The fraction of sp³-hybridized carbons (Fsp3) is 0.471. The Balaban J connectivity index is 1.87. The van der Waals surface area contributed by atoms with Crippen molar-refractivity contribution in [2.24, 2.45) is 11.7 Å². The minimum atomic E-state index is 0.811. The van der Waals surface area contributed by atoms with Gasteiger partial charge in [0.15, 0.2) is 0 Å². The Morgan fingerprint density at radius 2 is 2.00 bits per heavy atom. The highest BCUT2D eigenvalue weighted by Crippen LogP contribution is 2.30. The number of aromatic nitrogens is 1. The van der Waals surface area contributed by atoms with Crippen LogP contribution in [0.5, 0.6) is 0 Å². The van der Waals surface area contributed by atoms with Gasteiger partial charge in [0.05, 0.1) is 5.52 Å². The molecule has 20 heavy (non-hydrogen) atoms. The molecule has 0 amide bonds. The van der Waals surface area contributed by atoms with Crippen molar-refractivity contribution in [3.8, 4) is 0 Å². The highest BCUT2D eigenvalue weighted by molar-refractivity contribution is 5.92. The molecule has 0 aliphatic carbocycles. The molecule has 1 fully saturated rings. The van der Waals surface area contributed by atoms with E-state index in [0.29, 0.717) is 0 Å². The number of nitrogens with zero attached hydrogens (tertiary/aromatic N) is 2. The summed E-state index contributed by atoms with van der Waals surface area (Å²) in [5, 5.41) is 1.27. The molecule has 1 aliphatic heterocycles. The molecule has 0 unspecified atom stereocenters. The number of piperidine rings is 1. The minimum absolute atomic E-state index is 0.811. The smallest absolute Gasteiger partial charge is 0.0726 e. The highest BCUT2D eigenvalue weighted by atomic mass is 15.1. The van der Waals surface area contributed by atoms with Crippen molar-refractivity contribution >= 4 is 16.6 Å². The summed E-state index contributed by atoms with van der Waals surface area (Å²) in [6, 6.07) is 10.7. The third-order valence-electron chi connectivity index (χ3n) is 4.35. The summed E-state index contributed by atoms with van der Waals surface area (Å²) >= 11 is 0. The van der Waals surface area contributed by atoms with Crippen LogP contribution >= 0.6 is 0 Å². The summed E-state index contributed by atoms with van der Waals surface area (Å²) < 4.78 is 0. The third-order valence-corrected chi connectivity index (χ3v) is 4.35. The van der Waals surface area contributed by atoms with E-state index < -0.39 is 0 Å². The zero-order chi connectivity index (χ0) is 13.9. The Morgan fingerprint density at radius 3 is 2.75 bits per heavy atom.